The maximum atomic E-state index is 10.6. The van der Waals surface area contributed by atoms with Gasteiger partial charge in [0.2, 0.25) is 0 Å². The summed E-state index contributed by atoms with van der Waals surface area (Å²) in [6, 6.07) is 4.59. The molecule has 0 amide bonds. The summed E-state index contributed by atoms with van der Waals surface area (Å²) in [5, 5.41) is 10.9. The Morgan fingerprint density at radius 2 is 2.15 bits per heavy atom. The Hall–Kier alpha value is -0.800. The fourth-order valence-corrected chi connectivity index (χ4v) is 1.39. The molecule has 70 valence electrons. The van der Waals surface area contributed by atoms with Crippen LogP contribution in [0.15, 0.2) is 18.2 Å². The van der Waals surface area contributed by atoms with Crippen LogP contribution in [0.2, 0.25) is 5.02 Å². The molecule has 1 rings (SSSR count). The van der Waals surface area contributed by atoms with E-state index in [0.29, 0.717) is 22.9 Å². The van der Waals surface area contributed by atoms with E-state index in [1.165, 1.54) is 6.07 Å². The van der Waals surface area contributed by atoms with Crippen LogP contribution in [-0.4, -0.2) is 10.8 Å². The summed E-state index contributed by atoms with van der Waals surface area (Å²) in [5.74, 6) is 0.364. The second kappa shape index (κ2) is 4.44. The summed E-state index contributed by atoms with van der Waals surface area (Å²) in [4.78, 5) is 10.1. The summed E-state index contributed by atoms with van der Waals surface area (Å²) < 4.78 is 0. The maximum Gasteiger partial charge on any atom is 0.274 e. The van der Waals surface area contributed by atoms with Gasteiger partial charge in [-0.05, 0) is 12.5 Å². The van der Waals surface area contributed by atoms with Crippen molar-refractivity contribution in [3.8, 4) is 0 Å². The minimum Gasteiger partial charge on any atom is -0.258 e. The number of nitro groups is 1. The topological polar surface area (TPSA) is 43.1 Å². The summed E-state index contributed by atoms with van der Waals surface area (Å²) in [7, 11) is 0. The largest absolute Gasteiger partial charge is 0.274 e. The molecule has 0 aliphatic carbocycles. The lowest BCUT2D eigenvalue weighted by atomic mass is 10.1. The SMILES string of the molecule is O=[N+]([O-])c1cc(Cl)ccc1CCCl. The van der Waals surface area contributed by atoms with E-state index in [1.807, 2.05) is 0 Å². The summed E-state index contributed by atoms with van der Waals surface area (Å²) in [6.45, 7) is 0. The van der Waals surface area contributed by atoms with Gasteiger partial charge < -0.3 is 0 Å². The van der Waals surface area contributed by atoms with Gasteiger partial charge in [-0.1, -0.05) is 17.7 Å². The molecule has 1 aromatic rings. The van der Waals surface area contributed by atoms with Crippen molar-refractivity contribution in [2.24, 2.45) is 0 Å². The first-order chi connectivity index (χ1) is 6.15. The molecule has 0 bridgehead atoms. The average Bonchev–Trinajstić information content (AvgIpc) is 2.08. The van der Waals surface area contributed by atoms with E-state index in [-0.39, 0.29) is 5.69 Å². The van der Waals surface area contributed by atoms with Gasteiger partial charge in [0.15, 0.2) is 0 Å². The van der Waals surface area contributed by atoms with E-state index in [1.54, 1.807) is 12.1 Å². The minimum absolute atomic E-state index is 0.0353. The zero-order chi connectivity index (χ0) is 9.84. The average molecular weight is 220 g/mol. The number of hydrogen-bond donors (Lipinski definition) is 0. The number of rotatable bonds is 3. The molecular formula is C8H7Cl2NO2. The smallest absolute Gasteiger partial charge is 0.258 e. The zero-order valence-corrected chi connectivity index (χ0v) is 8.18. The van der Waals surface area contributed by atoms with Gasteiger partial charge in [-0.2, -0.15) is 0 Å². The van der Waals surface area contributed by atoms with Gasteiger partial charge >= 0.3 is 0 Å². The lowest BCUT2D eigenvalue weighted by Crippen LogP contribution is -1.96. The molecule has 3 nitrogen and oxygen atoms in total. The Bertz CT molecular complexity index is 328. The van der Waals surface area contributed by atoms with E-state index < -0.39 is 4.92 Å². The molecule has 0 aliphatic rings. The number of nitro benzene ring substituents is 1. The molecule has 0 saturated heterocycles. The Morgan fingerprint density at radius 1 is 1.46 bits per heavy atom. The van der Waals surface area contributed by atoms with Crippen molar-refractivity contribution in [2.45, 2.75) is 6.42 Å². The van der Waals surface area contributed by atoms with E-state index in [4.69, 9.17) is 23.2 Å². The van der Waals surface area contributed by atoms with Crippen LogP contribution in [0.1, 0.15) is 5.56 Å². The Labute approximate surface area is 85.4 Å². The number of benzene rings is 1. The number of hydrogen-bond acceptors (Lipinski definition) is 2. The van der Waals surface area contributed by atoms with Crippen LogP contribution < -0.4 is 0 Å². The van der Waals surface area contributed by atoms with Crippen LogP contribution >= 0.6 is 23.2 Å². The summed E-state index contributed by atoms with van der Waals surface area (Å²) in [5.41, 5.74) is 0.651. The van der Waals surface area contributed by atoms with Crippen LogP contribution in [0, 0.1) is 10.1 Å². The second-order valence-electron chi connectivity index (χ2n) is 2.47. The molecule has 13 heavy (non-hydrogen) atoms. The fraction of sp³-hybridized carbons (Fsp3) is 0.250. The quantitative estimate of drug-likeness (QED) is 0.446. The second-order valence-corrected chi connectivity index (χ2v) is 3.28. The highest BCUT2D eigenvalue weighted by atomic mass is 35.5. The Balaban J connectivity index is 3.10. The highest BCUT2D eigenvalue weighted by molar-refractivity contribution is 6.30. The minimum atomic E-state index is -0.451. The van der Waals surface area contributed by atoms with E-state index >= 15 is 0 Å². The molecule has 0 fully saturated rings. The first-order valence-electron chi connectivity index (χ1n) is 3.64. The Morgan fingerprint density at radius 3 is 2.69 bits per heavy atom. The lowest BCUT2D eigenvalue weighted by Gasteiger charge is -2.00. The first-order valence-corrected chi connectivity index (χ1v) is 4.55. The van der Waals surface area contributed by atoms with E-state index in [2.05, 4.69) is 0 Å². The number of halogens is 2. The summed E-state index contributed by atoms with van der Waals surface area (Å²) >= 11 is 11.1. The summed E-state index contributed by atoms with van der Waals surface area (Å²) in [6.07, 6.45) is 0.481. The van der Waals surface area contributed by atoms with Gasteiger partial charge in [0.25, 0.3) is 5.69 Å². The third kappa shape index (κ3) is 2.57. The zero-order valence-electron chi connectivity index (χ0n) is 6.67. The molecule has 0 unspecified atom stereocenters. The molecular weight excluding hydrogens is 213 g/mol. The van der Waals surface area contributed by atoms with Crippen molar-refractivity contribution >= 4 is 28.9 Å². The van der Waals surface area contributed by atoms with E-state index in [0.717, 1.165) is 0 Å². The van der Waals surface area contributed by atoms with Crippen LogP contribution in [0.5, 0.6) is 0 Å². The standard InChI is InChI=1S/C8H7Cl2NO2/c9-4-3-6-1-2-7(10)5-8(6)11(12)13/h1-2,5H,3-4H2. The van der Waals surface area contributed by atoms with Crippen molar-refractivity contribution in [3.63, 3.8) is 0 Å². The van der Waals surface area contributed by atoms with Gasteiger partial charge in [-0.15, -0.1) is 11.6 Å². The number of alkyl halides is 1. The predicted molar refractivity (Wildman–Crippen MR) is 52.5 cm³/mol. The lowest BCUT2D eigenvalue weighted by molar-refractivity contribution is -0.385. The molecule has 5 heteroatoms. The Kier molecular flexibility index (Phi) is 3.51. The molecule has 0 aromatic heterocycles. The van der Waals surface area contributed by atoms with Crippen molar-refractivity contribution in [1.82, 2.24) is 0 Å². The van der Waals surface area contributed by atoms with Gasteiger partial charge in [-0.25, -0.2) is 0 Å². The molecule has 0 atom stereocenters. The molecule has 0 heterocycles. The van der Waals surface area contributed by atoms with Gasteiger partial charge in [-0.3, -0.25) is 10.1 Å². The normalized spacial score (nSPS) is 10.0. The van der Waals surface area contributed by atoms with Crippen LogP contribution in [0.4, 0.5) is 5.69 Å². The van der Waals surface area contributed by atoms with Crippen molar-refractivity contribution in [1.29, 1.82) is 0 Å². The van der Waals surface area contributed by atoms with Crippen molar-refractivity contribution in [3.05, 3.63) is 38.9 Å². The monoisotopic (exact) mass is 219 g/mol. The van der Waals surface area contributed by atoms with Crippen molar-refractivity contribution in [2.75, 3.05) is 5.88 Å². The molecule has 1 aromatic carbocycles. The van der Waals surface area contributed by atoms with Crippen molar-refractivity contribution < 1.29 is 4.92 Å². The molecule has 0 aliphatic heterocycles. The van der Waals surface area contributed by atoms with Gasteiger partial charge in [0.05, 0.1) is 4.92 Å². The van der Waals surface area contributed by atoms with Crippen LogP contribution in [-0.2, 0) is 6.42 Å². The molecule has 0 radical (unpaired) electrons. The molecule has 0 N–H and O–H groups in total. The fourth-order valence-electron chi connectivity index (χ4n) is 1.02. The maximum absolute atomic E-state index is 10.6. The highest BCUT2D eigenvalue weighted by Gasteiger charge is 2.12. The van der Waals surface area contributed by atoms with E-state index in [9.17, 15) is 10.1 Å². The van der Waals surface area contributed by atoms with Gasteiger partial charge in [0, 0.05) is 22.5 Å². The van der Waals surface area contributed by atoms with Crippen LogP contribution in [0.25, 0.3) is 0 Å². The predicted octanol–water partition coefficient (Wildman–Crippen LogP) is 3.03. The van der Waals surface area contributed by atoms with Gasteiger partial charge in [0.1, 0.15) is 0 Å². The third-order valence-electron chi connectivity index (χ3n) is 1.61. The third-order valence-corrected chi connectivity index (χ3v) is 2.03. The van der Waals surface area contributed by atoms with Crippen LogP contribution in [0.3, 0.4) is 0 Å². The molecule has 0 saturated carbocycles. The first kappa shape index (κ1) is 10.3. The highest BCUT2D eigenvalue weighted by Crippen LogP contribution is 2.23. The molecule has 0 spiro atoms. The number of aryl methyl sites for hydroxylation is 1. The number of nitrogens with zero attached hydrogens (tertiary/aromatic N) is 1.